The van der Waals surface area contributed by atoms with Crippen molar-refractivity contribution < 1.29 is 13.9 Å². The summed E-state index contributed by atoms with van der Waals surface area (Å²) >= 11 is 0. The average molecular weight is 352 g/mol. The molecule has 0 aliphatic rings. The molecule has 0 radical (unpaired) electrons. The van der Waals surface area contributed by atoms with Crippen molar-refractivity contribution in [2.45, 2.75) is 26.9 Å². The number of urea groups is 1. The molecule has 2 N–H and O–H groups in total. The van der Waals surface area contributed by atoms with Gasteiger partial charge in [0.25, 0.3) is 0 Å². The average Bonchev–Trinajstić information content (AvgIpc) is 3.11. The quantitative estimate of drug-likeness (QED) is 0.659. The van der Waals surface area contributed by atoms with Crippen molar-refractivity contribution in [2.75, 3.05) is 6.61 Å². The van der Waals surface area contributed by atoms with Crippen molar-refractivity contribution >= 4 is 17.0 Å². The summed E-state index contributed by atoms with van der Waals surface area (Å²) in [6.45, 7) is 5.79. The first-order valence-electron chi connectivity index (χ1n) is 8.80. The zero-order valence-corrected chi connectivity index (χ0v) is 15.1. The van der Waals surface area contributed by atoms with Gasteiger partial charge in [-0.3, -0.25) is 0 Å². The van der Waals surface area contributed by atoms with Gasteiger partial charge in [-0.05, 0) is 41.3 Å². The molecular formula is C21H24N2O3. The molecule has 26 heavy (non-hydrogen) atoms. The van der Waals surface area contributed by atoms with Crippen LogP contribution in [0.1, 0.15) is 25.0 Å². The lowest BCUT2D eigenvalue weighted by molar-refractivity contribution is 0.240. The molecule has 1 aromatic heterocycles. The molecule has 0 saturated heterocycles. The van der Waals surface area contributed by atoms with Crippen LogP contribution in [0.2, 0.25) is 0 Å². The van der Waals surface area contributed by atoms with Crippen LogP contribution in [-0.2, 0) is 13.1 Å². The maximum absolute atomic E-state index is 12.0. The number of carbonyl (C=O) groups excluding carboxylic acids is 1. The molecule has 2 aromatic carbocycles. The summed E-state index contributed by atoms with van der Waals surface area (Å²) in [6, 6.07) is 15.4. The second kappa shape index (κ2) is 8.43. The molecule has 3 rings (SSSR count). The lowest BCUT2D eigenvalue weighted by atomic mass is 10.2. The fourth-order valence-electron chi connectivity index (χ4n) is 2.54. The molecule has 0 saturated carbocycles. The summed E-state index contributed by atoms with van der Waals surface area (Å²) in [6.07, 6.45) is 1.66. The van der Waals surface area contributed by atoms with E-state index in [0.29, 0.717) is 25.6 Å². The lowest BCUT2D eigenvalue weighted by Crippen LogP contribution is -2.34. The Kier molecular flexibility index (Phi) is 5.79. The number of carbonyl (C=O) groups is 1. The van der Waals surface area contributed by atoms with E-state index in [4.69, 9.17) is 9.15 Å². The van der Waals surface area contributed by atoms with Gasteiger partial charge in [0.1, 0.15) is 11.3 Å². The Balaban J connectivity index is 1.47. The molecule has 0 unspecified atom stereocenters. The van der Waals surface area contributed by atoms with E-state index in [1.165, 1.54) is 0 Å². The summed E-state index contributed by atoms with van der Waals surface area (Å²) in [5.74, 6) is 1.30. The molecule has 0 bridgehead atoms. The van der Waals surface area contributed by atoms with Gasteiger partial charge in [-0.15, -0.1) is 0 Å². The first-order chi connectivity index (χ1) is 12.6. The molecule has 5 nitrogen and oxygen atoms in total. The Morgan fingerprint density at radius 2 is 1.81 bits per heavy atom. The number of hydrogen-bond acceptors (Lipinski definition) is 3. The molecule has 136 valence electrons. The summed E-state index contributed by atoms with van der Waals surface area (Å²) < 4.78 is 11.1. The summed E-state index contributed by atoms with van der Waals surface area (Å²) in [4.78, 5) is 12.0. The van der Waals surface area contributed by atoms with Crippen molar-refractivity contribution in [3.05, 3.63) is 65.9 Å². The number of nitrogens with one attached hydrogen (secondary N) is 2. The first kappa shape index (κ1) is 17.9. The Labute approximate surface area is 153 Å². The molecule has 1 heterocycles. The molecule has 5 heteroatoms. The van der Waals surface area contributed by atoms with Crippen LogP contribution in [0.15, 0.2) is 59.2 Å². The zero-order chi connectivity index (χ0) is 18.4. The van der Waals surface area contributed by atoms with Gasteiger partial charge >= 0.3 is 6.03 Å². The number of fused-ring (bicyclic) bond motifs is 1. The maximum atomic E-state index is 12.0. The van der Waals surface area contributed by atoms with E-state index >= 15 is 0 Å². The van der Waals surface area contributed by atoms with Gasteiger partial charge in [0, 0.05) is 18.5 Å². The highest BCUT2D eigenvalue weighted by Crippen LogP contribution is 2.17. The Bertz CT molecular complexity index is 870. The van der Waals surface area contributed by atoms with Crippen LogP contribution in [0.4, 0.5) is 4.79 Å². The predicted molar refractivity (Wildman–Crippen MR) is 102 cm³/mol. The highest BCUT2D eigenvalue weighted by atomic mass is 16.5. The molecule has 0 spiro atoms. The Morgan fingerprint density at radius 3 is 2.58 bits per heavy atom. The first-order valence-corrected chi connectivity index (χ1v) is 8.80. The van der Waals surface area contributed by atoms with Gasteiger partial charge in [-0.1, -0.05) is 38.1 Å². The van der Waals surface area contributed by atoms with E-state index in [1.807, 2.05) is 48.5 Å². The number of benzene rings is 2. The second-order valence-corrected chi connectivity index (χ2v) is 6.68. The van der Waals surface area contributed by atoms with Gasteiger partial charge in [0.05, 0.1) is 12.9 Å². The van der Waals surface area contributed by atoms with Crippen molar-refractivity contribution in [2.24, 2.45) is 5.92 Å². The highest BCUT2D eigenvalue weighted by Gasteiger charge is 2.04. The summed E-state index contributed by atoms with van der Waals surface area (Å²) in [5.41, 5.74) is 2.81. The van der Waals surface area contributed by atoms with Crippen LogP contribution in [0, 0.1) is 5.92 Å². The minimum Gasteiger partial charge on any atom is -0.493 e. The normalized spacial score (nSPS) is 10.9. The molecule has 0 atom stereocenters. The van der Waals surface area contributed by atoms with Crippen molar-refractivity contribution in [3.8, 4) is 5.75 Å². The second-order valence-electron chi connectivity index (χ2n) is 6.68. The molecule has 3 aromatic rings. The summed E-state index contributed by atoms with van der Waals surface area (Å²) in [7, 11) is 0. The van der Waals surface area contributed by atoms with Crippen molar-refractivity contribution in [1.29, 1.82) is 0 Å². The van der Waals surface area contributed by atoms with Crippen molar-refractivity contribution in [3.63, 3.8) is 0 Å². The summed E-state index contributed by atoms with van der Waals surface area (Å²) in [5, 5.41) is 6.78. The number of rotatable bonds is 7. The standard InChI is InChI=1S/C21H24N2O3/c1-15(2)14-26-19-5-3-4-16(10-19)12-22-21(24)23-13-17-6-7-18-8-9-25-20(18)11-17/h3-11,15H,12-14H2,1-2H3,(H2,22,23,24). The smallest absolute Gasteiger partial charge is 0.315 e. The van der Waals surface area contributed by atoms with Crippen LogP contribution < -0.4 is 15.4 Å². The van der Waals surface area contributed by atoms with Gasteiger partial charge in [0.2, 0.25) is 0 Å². The van der Waals surface area contributed by atoms with Crippen LogP contribution in [-0.4, -0.2) is 12.6 Å². The number of hydrogen-bond donors (Lipinski definition) is 2. The number of amides is 2. The molecule has 2 amide bonds. The van der Waals surface area contributed by atoms with E-state index in [0.717, 1.165) is 27.8 Å². The third kappa shape index (κ3) is 5.02. The van der Waals surface area contributed by atoms with Gasteiger partial charge in [-0.2, -0.15) is 0 Å². The van der Waals surface area contributed by atoms with E-state index in [-0.39, 0.29) is 6.03 Å². The highest BCUT2D eigenvalue weighted by molar-refractivity contribution is 5.78. The topological polar surface area (TPSA) is 63.5 Å². The SMILES string of the molecule is CC(C)COc1cccc(CNC(=O)NCc2ccc3ccoc3c2)c1. The number of ether oxygens (including phenoxy) is 1. The lowest BCUT2D eigenvalue weighted by Gasteiger charge is -2.11. The van der Waals surface area contributed by atoms with E-state index in [9.17, 15) is 4.79 Å². The minimum absolute atomic E-state index is 0.210. The molecule has 0 aliphatic carbocycles. The van der Waals surface area contributed by atoms with E-state index < -0.39 is 0 Å². The van der Waals surface area contributed by atoms with Crippen molar-refractivity contribution in [1.82, 2.24) is 10.6 Å². The van der Waals surface area contributed by atoms with Gasteiger partial charge in [-0.25, -0.2) is 4.79 Å². The fraction of sp³-hybridized carbons (Fsp3) is 0.286. The van der Waals surface area contributed by atoms with E-state index in [1.54, 1.807) is 6.26 Å². The fourth-order valence-corrected chi connectivity index (χ4v) is 2.54. The van der Waals surface area contributed by atoms with Gasteiger partial charge < -0.3 is 19.8 Å². The molecule has 0 fully saturated rings. The maximum Gasteiger partial charge on any atom is 0.315 e. The third-order valence-corrected chi connectivity index (χ3v) is 3.91. The van der Waals surface area contributed by atoms with Crippen LogP contribution in [0.25, 0.3) is 11.0 Å². The van der Waals surface area contributed by atoms with Crippen LogP contribution >= 0.6 is 0 Å². The zero-order valence-electron chi connectivity index (χ0n) is 15.1. The molecular weight excluding hydrogens is 328 g/mol. The van der Waals surface area contributed by atoms with E-state index in [2.05, 4.69) is 24.5 Å². The van der Waals surface area contributed by atoms with Crippen LogP contribution in [0.5, 0.6) is 5.75 Å². The number of furan rings is 1. The largest absolute Gasteiger partial charge is 0.493 e. The Morgan fingerprint density at radius 1 is 1.04 bits per heavy atom. The van der Waals surface area contributed by atoms with Gasteiger partial charge in [0.15, 0.2) is 0 Å². The third-order valence-electron chi connectivity index (χ3n) is 3.91. The minimum atomic E-state index is -0.210. The van der Waals surface area contributed by atoms with Crippen LogP contribution in [0.3, 0.4) is 0 Å². The molecule has 0 aliphatic heterocycles. The Hall–Kier alpha value is -2.95. The monoisotopic (exact) mass is 352 g/mol. The predicted octanol–water partition coefficient (Wildman–Crippen LogP) is 4.47.